The largest absolute Gasteiger partial charge is 0.379 e. The Kier molecular flexibility index (Phi) is 3.48. The first-order valence-electron chi connectivity index (χ1n) is 2.67. The molecule has 2 nitrogen and oxygen atoms in total. The third kappa shape index (κ3) is 2.77. The van der Waals surface area contributed by atoms with Crippen LogP contribution in [0.15, 0.2) is 12.7 Å². The Balaban J connectivity index is 3.30. The van der Waals surface area contributed by atoms with Crippen molar-refractivity contribution >= 4 is 0 Å². The molecule has 0 saturated heterocycles. The molecule has 1 N–H and O–H groups in total. The minimum atomic E-state index is -0.368. The molecule has 0 amide bonds. The average molecular weight is 115 g/mol. The van der Waals surface area contributed by atoms with E-state index in [-0.39, 0.29) is 6.23 Å². The lowest BCUT2D eigenvalue weighted by molar-refractivity contribution is 0.0470. The van der Waals surface area contributed by atoms with Crippen LogP contribution in [0.3, 0.4) is 0 Å². The van der Waals surface area contributed by atoms with E-state index in [9.17, 15) is 0 Å². The summed E-state index contributed by atoms with van der Waals surface area (Å²) in [5.74, 6) is 0. The highest BCUT2D eigenvalue weighted by molar-refractivity contribution is 4.70. The Morgan fingerprint density at radius 2 is 2.38 bits per heavy atom. The normalized spacial score (nSPS) is 14.0. The van der Waals surface area contributed by atoms with E-state index >= 15 is 0 Å². The molecule has 0 aromatic carbocycles. The second-order valence-corrected chi connectivity index (χ2v) is 1.86. The van der Waals surface area contributed by atoms with E-state index in [0.29, 0.717) is 0 Å². The van der Waals surface area contributed by atoms with Gasteiger partial charge in [-0.05, 0) is 14.0 Å². The predicted molar refractivity (Wildman–Crippen MR) is 34.5 cm³/mol. The fourth-order valence-electron chi connectivity index (χ4n) is 0.356. The molecule has 0 aliphatic carbocycles. The summed E-state index contributed by atoms with van der Waals surface area (Å²) in [4.78, 5) is 1.78. The molecule has 1 unspecified atom stereocenters. The number of hydrogen-bond donors (Lipinski definition) is 1. The smallest absolute Gasteiger partial charge is 0.104 e. The van der Waals surface area contributed by atoms with Crippen LogP contribution in [0.5, 0.6) is 0 Å². The maximum absolute atomic E-state index is 8.83. The van der Waals surface area contributed by atoms with E-state index in [4.69, 9.17) is 5.11 Å². The molecule has 8 heavy (non-hydrogen) atoms. The molecule has 0 fully saturated rings. The minimum Gasteiger partial charge on any atom is -0.379 e. The van der Waals surface area contributed by atoms with Crippen LogP contribution in [0.1, 0.15) is 6.92 Å². The molecule has 0 bridgehead atoms. The van der Waals surface area contributed by atoms with Gasteiger partial charge in [0.25, 0.3) is 0 Å². The van der Waals surface area contributed by atoms with Gasteiger partial charge in [-0.3, -0.25) is 4.90 Å². The topological polar surface area (TPSA) is 23.5 Å². The van der Waals surface area contributed by atoms with Crippen LogP contribution in [0.2, 0.25) is 0 Å². The molecule has 0 spiro atoms. The van der Waals surface area contributed by atoms with Crippen molar-refractivity contribution in [1.82, 2.24) is 4.90 Å². The zero-order valence-electron chi connectivity index (χ0n) is 5.46. The Labute approximate surface area is 50.4 Å². The van der Waals surface area contributed by atoms with Gasteiger partial charge in [0.15, 0.2) is 0 Å². The van der Waals surface area contributed by atoms with E-state index in [1.807, 2.05) is 7.05 Å². The van der Waals surface area contributed by atoms with Gasteiger partial charge in [0, 0.05) is 6.54 Å². The van der Waals surface area contributed by atoms with Crippen molar-refractivity contribution in [3.05, 3.63) is 12.7 Å². The van der Waals surface area contributed by atoms with Gasteiger partial charge >= 0.3 is 0 Å². The monoisotopic (exact) mass is 115 g/mol. The second kappa shape index (κ2) is 3.64. The molecule has 2 heteroatoms. The number of hydrogen-bond acceptors (Lipinski definition) is 2. The van der Waals surface area contributed by atoms with Gasteiger partial charge in [0.2, 0.25) is 0 Å². The third-order valence-corrected chi connectivity index (χ3v) is 1.05. The van der Waals surface area contributed by atoms with Crippen LogP contribution in [0.25, 0.3) is 0 Å². The Hall–Kier alpha value is -0.340. The van der Waals surface area contributed by atoms with Crippen LogP contribution in [0.4, 0.5) is 0 Å². The summed E-state index contributed by atoms with van der Waals surface area (Å²) in [7, 11) is 1.84. The fraction of sp³-hybridized carbons (Fsp3) is 0.667. The number of likely N-dealkylation sites (N-methyl/N-ethyl adjacent to an activating group) is 1. The Morgan fingerprint density at radius 1 is 1.88 bits per heavy atom. The third-order valence-electron chi connectivity index (χ3n) is 1.05. The molecule has 0 heterocycles. The van der Waals surface area contributed by atoms with Crippen molar-refractivity contribution in [3.63, 3.8) is 0 Å². The molecule has 0 aliphatic rings. The molecule has 0 aromatic rings. The van der Waals surface area contributed by atoms with E-state index < -0.39 is 0 Å². The summed E-state index contributed by atoms with van der Waals surface area (Å²) in [6.07, 6.45) is 1.39. The lowest BCUT2D eigenvalue weighted by Gasteiger charge is -2.16. The lowest BCUT2D eigenvalue weighted by Crippen LogP contribution is -2.28. The first kappa shape index (κ1) is 7.66. The van der Waals surface area contributed by atoms with Crippen LogP contribution in [0, 0.1) is 0 Å². The Morgan fingerprint density at radius 3 is 2.50 bits per heavy atom. The summed E-state index contributed by atoms with van der Waals surface area (Å²) in [5, 5.41) is 8.83. The number of aliphatic hydroxyl groups excluding tert-OH is 1. The predicted octanol–water partition coefficient (Wildman–Crippen LogP) is 0.442. The maximum Gasteiger partial charge on any atom is 0.104 e. The van der Waals surface area contributed by atoms with Gasteiger partial charge in [-0.25, -0.2) is 0 Å². The minimum absolute atomic E-state index is 0.368. The fourth-order valence-corrected chi connectivity index (χ4v) is 0.356. The van der Waals surface area contributed by atoms with Crippen molar-refractivity contribution < 1.29 is 5.11 Å². The highest BCUT2D eigenvalue weighted by Crippen LogP contribution is 1.87. The SMILES string of the molecule is C=CCN(C)C(C)O. The molecule has 48 valence electrons. The van der Waals surface area contributed by atoms with Crippen LogP contribution < -0.4 is 0 Å². The van der Waals surface area contributed by atoms with Crippen molar-refractivity contribution in [2.24, 2.45) is 0 Å². The van der Waals surface area contributed by atoms with E-state index in [2.05, 4.69) is 6.58 Å². The summed E-state index contributed by atoms with van der Waals surface area (Å²) < 4.78 is 0. The zero-order chi connectivity index (χ0) is 6.57. The van der Waals surface area contributed by atoms with Gasteiger partial charge in [0.05, 0.1) is 0 Å². The second-order valence-electron chi connectivity index (χ2n) is 1.86. The highest BCUT2D eigenvalue weighted by Gasteiger charge is 1.98. The summed E-state index contributed by atoms with van der Waals surface area (Å²) >= 11 is 0. The van der Waals surface area contributed by atoms with Crippen molar-refractivity contribution in [2.75, 3.05) is 13.6 Å². The number of nitrogens with zero attached hydrogens (tertiary/aromatic N) is 1. The van der Waals surface area contributed by atoms with Crippen molar-refractivity contribution in [2.45, 2.75) is 13.2 Å². The molecule has 0 aromatic heterocycles. The van der Waals surface area contributed by atoms with Gasteiger partial charge in [-0.2, -0.15) is 0 Å². The van der Waals surface area contributed by atoms with Crippen LogP contribution in [-0.4, -0.2) is 29.8 Å². The number of aliphatic hydroxyl groups is 1. The van der Waals surface area contributed by atoms with E-state index in [1.165, 1.54) is 0 Å². The average Bonchev–Trinajstić information content (AvgIpc) is 1.67. The van der Waals surface area contributed by atoms with Gasteiger partial charge in [-0.15, -0.1) is 6.58 Å². The zero-order valence-corrected chi connectivity index (χ0v) is 5.46. The molecular weight excluding hydrogens is 102 g/mol. The van der Waals surface area contributed by atoms with Gasteiger partial charge < -0.3 is 5.11 Å². The maximum atomic E-state index is 8.83. The molecule has 0 aliphatic heterocycles. The highest BCUT2D eigenvalue weighted by atomic mass is 16.3. The molecule has 0 rings (SSSR count). The summed E-state index contributed by atoms with van der Waals surface area (Å²) in [6.45, 7) is 5.99. The van der Waals surface area contributed by atoms with Crippen molar-refractivity contribution in [3.8, 4) is 0 Å². The molecule has 0 radical (unpaired) electrons. The summed E-state index contributed by atoms with van der Waals surface area (Å²) in [5.41, 5.74) is 0. The van der Waals surface area contributed by atoms with E-state index in [1.54, 1.807) is 17.9 Å². The first-order chi connectivity index (χ1) is 3.68. The number of rotatable bonds is 3. The molecular formula is C6H13NO. The standard InChI is InChI=1S/C6H13NO/c1-4-5-7(3)6(2)8/h4,6,8H,1,5H2,2-3H3. The lowest BCUT2D eigenvalue weighted by atomic mass is 10.5. The van der Waals surface area contributed by atoms with Crippen LogP contribution >= 0.6 is 0 Å². The van der Waals surface area contributed by atoms with Crippen molar-refractivity contribution in [1.29, 1.82) is 0 Å². The molecule has 1 atom stereocenters. The molecule has 0 saturated carbocycles. The van der Waals surface area contributed by atoms with Gasteiger partial charge in [0.1, 0.15) is 6.23 Å². The van der Waals surface area contributed by atoms with E-state index in [0.717, 1.165) is 6.54 Å². The summed E-state index contributed by atoms with van der Waals surface area (Å²) in [6, 6.07) is 0. The van der Waals surface area contributed by atoms with Gasteiger partial charge in [-0.1, -0.05) is 6.08 Å². The first-order valence-corrected chi connectivity index (χ1v) is 2.67. The van der Waals surface area contributed by atoms with Crippen LogP contribution in [-0.2, 0) is 0 Å². The quantitative estimate of drug-likeness (QED) is 0.426. The Bertz CT molecular complexity index is 70.9.